The van der Waals surface area contributed by atoms with Gasteiger partial charge in [0.25, 0.3) is 5.91 Å². The zero-order chi connectivity index (χ0) is 26.2. The van der Waals surface area contributed by atoms with E-state index < -0.39 is 6.61 Å². The highest BCUT2D eigenvalue weighted by atomic mass is 19.3. The Balaban J connectivity index is 1.19. The van der Waals surface area contributed by atoms with Crippen molar-refractivity contribution in [3.8, 4) is 17.0 Å². The van der Waals surface area contributed by atoms with E-state index in [0.29, 0.717) is 22.9 Å². The molecule has 1 unspecified atom stereocenters. The molecule has 5 heterocycles. The molecule has 1 atom stereocenters. The van der Waals surface area contributed by atoms with Crippen LogP contribution in [0.25, 0.3) is 16.9 Å². The van der Waals surface area contributed by atoms with E-state index in [1.165, 1.54) is 12.1 Å². The summed E-state index contributed by atoms with van der Waals surface area (Å²) in [6.45, 7) is 2.27. The second-order valence-electron chi connectivity index (χ2n) is 9.89. The van der Waals surface area contributed by atoms with Gasteiger partial charge in [0.05, 0.1) is 11.9 Å². The van der Waals surface area contributed by atoms with Gasteiger partial charge in [-0.05, 0) is 86.8 Å². The van der Waals surface area contributed by atoms with Gasteiger partial charge in [-0.1, -0.05) is 0 Å². The van der Waals surface area contributed by atoms with Gasteiger partial charge in [-0.2, -0.15) is 8.78 Å². The standard InChI is InChI=1S/C28H28F2N6O2/c1-17-14-20(4-7-22(17)27(37)34-23-16-35-11-8-18(23)9-12-35)33-25-26-32-15-24(36(26)13-10-31-25)19-2-5-21(6-3-19)38-28(29)30/h2-7,10,13-15,18,23,28H,8-9,11-12,16H2,1H3,(H,31,33)(H,34,37). The van der Waals surface area contributed by atoms with Crippen LogP contribution in [0.15, 0.2) is 61.1 Å². The van der Waals surface area contributed by atoms with Crippen molar-refractivity contribution in [1.29, 1.82) is 0 Å². The van der Waals surface area contributed by atoms with Crippen molar-refractivity contribution in [1.82, 2.24) is 24.6 Å². The highest BCUT2D eigenvalue weighted by molar-refractivity contribution is 5.96. The summed E-state index contributed by atoms with van der Waals surface area (Å²) in [6, 6.07) is 12.3. The molecule has 7 rings (SSSR count). The number of nitrogens with zero attached hydrogens (tertiary/aromatic N) is 4. The van der Waals surface area contributed by atoms with Crippen molar-refractivity contribution in [3.63, 3.8) is 0 Å². The molecule has 1 amide bonds. The number of carbonyl (C=O) groups excluding carboxylic acids is 1. The maximum absolute atomic E-state index is 13.0. The van der Waals surface area contributed by atoms with Crippen LogP contribution in [0.2, 0.25) is 0 Å². The fourth-order valence-electron chi connectivity index (χ4n) is 5.54. The Morgan fingerprint density at radius 3 is 2.58 bits per heavy atom. The van der Waals surface area contributed by atoms with Crippen molar-refractivity contribution in [3.05, 3.63) is 72.2 Å². The highest BCUT2D eigenvalue weighted by Gasteiger charge is 2.35. The first-order valence-corrected chi connectivity index (χ1v) is 12.7. The largest absolute Gasteiger partial charge is 0.435 e. The molecule has 0 saturated carbocycles. The van der Waals surface area contributed by atoms with Crippen LogP contribution in [0.3, 0.4) is 0 Å². The van der Waals surface area contributed by atoms with Gasteiger partial charge >= 0.3 is 6.61 Å². The lowest BCUT2D eigenvalue weighted by atomic mass is 9.84. The van der Waals surface area contributed by atoms with E-state index in [0.717, 1.165) is 55.0 Å². The zero-order valence-electron chi connectivity index (χ0n) is 20.9. The Morgan fingerprint density at radius 2 is 1.89 bits per heavy atom. The number of rotatable bonds is 7. The summed E-state index contributed by atoms with van der Waals surface area (Å²) >= 11 is 0. The van der Waals surface area contributed by atoms with E-state index in [1.54, 1.807) is 30.7 Å². The molecule has 196 valence electrons. The molecule has 8 nitrogen and oxygen atoms in total. The first-order valence-electron chi connectivity index (χ1n) is 12.7. The third kappa shape index (κ3) is 4.79. The summed E-state index contributed by atoms with van der Waals surface area (Å²) < 4.78 is 31.2. The Hall–Kier alpha value is -4.05. The summed E-state index contributed by atoms with van der Waals surface area (Å²) in [5.74, 6) is 1.19. The number of carbonyl (C=O) groups is 1. The maximum atomic E-state index is 13.0. The number of hydrogen-bond donors (Lipinski definition) is 2. The second-order valence-corrected chi connectivity index (χ2v) is 9.89. The minimum atomic E-state index is -2.87. The van der Waals surface area contributed by atoms with Gasteiger partial charge in [0.15, 0.2) is 11.5 Å². The van der Waals surface area contributed by atoms with Crippen LogP contribution >= 0.6 is 0 Å². The van der Waals surface area contributed by atoms with Gasteiger partial charge < -0.3 is 20.3 Å². The summed E-state index contributed by atoms with van der Waals surface area (Å²) in [4.78, 5) is 24.5. The number of hydrogen-bond acceptors (Lipinski definition) is 6. The van der Waals surface area contributed by atoms with Gasteiger partial charge in [0.2, 0.25) is 0 Å². The average molecular weight is 519 g/mol. The van der Waals surface area contributed by atoms with E-state index in [1.807, 2.05) is 29.5 Å². The molecule has 0 radical (unpaired) electrons. The third-order valence-corrected chi connectivity index (χ3v) is 7.51. The van der Waals surface area contributed by atoms with E-state index >= 15 is 0 Å². The molecule has 3 saturated heterocycles. The third-order valence-electron chi connectivity index (χ3n) is 7.51. The highest BCUT2D eigenvalue weighted by Crippen LogP contribution is 2.29. The molecule has 0 spiro atoms. The molecule has 0 aliphatic carbocycles. The number of amides is 1. The molecule has 3 aliphatic heterocycles. The first kappa shape index (κ1) is 24.3. The minimum Gasteiger partial charge on any atom is -0.435 e. The number of alkyl halides is 2. The minimum absolute atomic E-state index is 0.0316. The molecule has 10 heteroatoms. The zero-order valence-corrected chi connectivity index (χ0v) is 20.9. The van der Waals surface area contributed by atoms with Gasteiger partial charge in [-0.25, -0.2) is 9.97 Å². The molecule has 2 bridgehead atoms. The summed E-state index contributed by atoms with van der Waals surface area (Å²) in [5, 5.41) is 6.58. The van der Waals surface area contributed by atoms with Crippen LogP contribution in [-0.2, 0) is 0 Å². The molecule has 2 aromatic carbocycles. The number of fused-ring (bicyclic) bond motifs is 4. The van der Waals surface area contributed by atoms with Crippen molar-refractivity contribution in [2.24, 2.45) is 5.92 Å². The second kappa shape index (κ2) is 10.0. The lowest BCUT2D eigenvalue weighted by Gasteiger charge is -2.45. The lowest BCUT2D eigenvalue weighted by molar-refractivity contribution is -0.0498. The molecule has 38 heavy (non-hydrogen) atoms. The molecule has 3 fully saturated rings. The van der Waals surface area contributed by atoms with Crippen molar-refractivity contribution >= 4 is 23.1 Å². The quantitative estimate of drug-likeness (QED) is 0.363. The van der Waals surface area contributed by atoms with E-state index in [-0.39, 0.29) is 17.7 Å². The summed E-state index contributed by atoms with van der Waals surface area (Å²) in [5.41, 5.74) is 4.52. The van der Waals surface area contributed by atoms with Gasteiger partial charge in [0.1, 0.15) is 5.75 Å². The number of halogens is 2. The fourth-order valence-corrected chi connectivity index (χ4v) is 5.54. The van der Waals surface area contributed by atoms with Gasteiger partial charge in [-0.15, -0.1) is 0 Å². The number of imidazole rings is 1. The van der Waals surface area contributed by atoms with E-state index in [2.05, 4.69) is 30.2 Å². The smallest absolute Gasteiger partial charge is 0.387 e. The van der Waals surface area contributed by atoms with E-state index in [9.17, 15) is 13.6 Å². The van der Waals surface area contributed by atoms with Crippen LogP contribution in [0.5, 0.6) is 5.75 Å². The number of ether oxygens (including phenoxy) is 1. The number of aryl methyl sites for hydroxylation is 1. The number of nitrogens with one attached hydrogen (secondary N) is 2. The summed E-state index contributed by atoms with van der Waals surface area (Å²) in [6.07, 6.45) is 7.47. The Morgan fingerprint density at radius 1 is 1.11 bits per heavy atom. The number of aromatic nitrogens is 3. The SMILES string of the molecule is Cc1cc(Nc2nccn3c(-c4ccc(OC(F)F)cc4)cnc23)ccc1C(=O)NC1CN2CCC1CC2. The first-order chi connectivity index (χ1) is 18.4. The monoisotopic (exact) mass is 518 g/mol. The van der Waals surface area contributed by atoms with E-state index in [4.69, 9.17) is 0 Å². The van der Waals surface area contributed by atoms with Gasteiger partial charge in [0, 0.05) is 41.8 Å². The molecular weight excluding hydrogens is 490 g/mol. The van der Waals surface area contributed by atoms with Crippen LogP contribution in [0.4, 0.5) is 20.3 Å². The molecule has 2 aromatic heterocycles. The predicted molar refractivity (Wildman–Crippen MR) is 140 cm³/mol. The number of piperidine rings is 3. The van der Waals surface area contributed by atoms with Crippen LogP contribution in [0.1, 0.15) is 28.8 Å². The molecule has 2 N–H and O–H groups in total. The fraction of sp³-hybridized carbons (Fsp3) is 0.321. The van der Waals surface area contributed by atoms with Crippen molar-refractivity contribution < 1.29 is 18.3 Å². The number of anilines is 2. The molecular formula is C28H28F2N6O2. The maximum Gasteiger partial charge on any atom is 0.387 e. The van der Waals surface area contributed by atoms with Crippen LogP contribution in [0, 0.1) is 12.8 Å². The Labute approximate surface area is 218 Å². The summed E-state index contributed by atoms with van der Waals surface area (Å²) in [7, 11) is 0. The average Bonchev–Trinajstić information content (AvgIpc) is 3.35. The van der Waals surface area contributed by atoms with Crippen molar-refractivity contribution in [2.45, 2.75) is 32.4 Å². The Kier molecular flexibility index (Phi) is 6.40. The predicted octanol–water partition coefficient (Wildman–Crippen LogP) is 4.87. The van der Waals surface area contributed by atoms with Crippen LogP contribution in [-0.4, -0.2) is 57.5 Å². The molecule has 4 aromatic rings. The lowest BCUT2D eigenvalue weighted by Crippen LogP contribution is -2.57. The normalized spacial score (nSPS) is 20.6. The molecule has 3 aliphatic rings. The van der Waals surface area contributed by atoms with Crippen LogP contribution < -0.4 is 15.4 Å². The van der Waals surface area contributed by atoms with Crippen molar-refractivity contribution in [2.75, 3.05) is 25.0 Å². The van der Waals surface area contributed by atoms with Gasteiger partial charge in [-0.3, -0.25) is 9.20 Å². The number of benzene rings is 2. The topological polar surface area (TPSA) is 83.8 Å². The Bertz CT molecular complexity index is 1460.